The first kappa shape index (κ1) is 24.1. The largest absolute Gasteiger partial charge is 0.343 e. The quantitative estimate of drug-likeness (QED) is 0.252. The molecule has 0 aliphatic carbocycles. The van der Waals surface area contributed by atoms with Crippen LogP contribution in [0.25, 0.3) is 17.1 Å². The van der Waals surface area contributed by atoms with Gasteiger partial charge in [-0.1, -0.05) is 72.2 Å². The van der Waals surface area contributed by atoms with Crippen molar-refractivity contribution in [3.8, 4) is 17.1 Å². The highest BCUT2D eigenvalue weighted by Crippen LogP contribution is 2.31. The molecule has 2 aromatic carbocycles. The van der Waals surface area contributed by atoms with Crippen molar-refractivity contribution in [2.24, 2.45) is 5.92 Å². The molecule has 4 rings (SSSR count). The Hall–Kier alpha value is -2.02. The molecular weight excluding hydrogens is 475 g/mol. The molecule has 1 fully saturated rings. The van der Waals surface area contributed by atoms with Crippen LogP contribution in [0.1, 0.15) is 39.0 Å². The summed E-state index contributed by atoms with van der Waals surface area (Å²) in [5.74, 6) is 2.64. The lowest BCUT2D eigenvalue weighted by molar-refractivity contribution is -0.132. The fourth-order valence-corrected chi connectivity index (χ4v) is 5.20. The number of halogens is 2. The van der Waals surface area contributed by atoms with Crippen LogP contribution in [0, 0.1) is 5.92 Å². The zero-order valence-corrected chi connectivity index (χ0v) is 21.0. The topological polar surface area (TPSA) is 51.0 Å². The first-order chi connectivity index (χ1) is 16.0. The smallest absolute Gasteiger partial charge is 0.222 e. The number of hydrogen-bond donors (Lipinski definition) is 0. The first-order valence-corrected chi connectivity index (χ1v) is 13.1. The summed E-state index contributed by atoms with van der Waals surface area (Å²) in [6.45, 7) is 4.08. The minimum absolute atomic E-state index is 0.289. The van der Waals surface area contributed by atoms with Crippen molar-refractivity contribution in [1.29, 1.82) is 0 Å². The number of carbonyl (C=O) groups excluding carboxylic acids is 1. The molecule has 5 nitrogen and oxygen atoms in total. The van der Waals surface area contributed by atoms with Crippen molar-refractivity contribution >= 4 is 40.9 Å². The summed E-state index contributed by atoms with van der Waals surface area (Å²) in [5, 5.41) is 10.7. The predicted molar refractivity (Wildman–Crippen MR) is 136 cm³/mol. The van der Waals surface area contributed by atoms with E-state index in [-0.39, 0.29) is 5.91 Å². The van der Waals surface area contributed by atoms with Crippen LogP contribution >= 0.6 is 35.0 Å². The fraction of sp³-hybridized carbons (Fsp3) is 0.400. The second-order valence-corrected chi connectivity index (χ2v) is 10.4. The Bertz CT molecular complexity index is 1080. The van der Waals surface area contributed by atoms with Gasteiger partial charge in [0, 0.05) is 30.8 Å². The molecule has 0 radical (unpaired) electrons. The van der Waals surface area contributed by atoms with E-state index in [9.17, 15) is 4.79 Å². The highest BCUT2D eigenvalue weighted by Gasteiger charge is 2.20. The Morgan fingerprint density at radius 3 is 2.52 bits per heavy atom. The Morgan fingerprint density at radius 2 is 1.79 bits per heavy atom. The molecule has 0 bridgehead atoms. The van der Waals surface area contributed by atoms with Crippen molar-refractivity contribution in [2.45, 2.75) is 44.2 Å². The molecule has 3 aromatic rings. The van der Waals surface area contributed by atoms with Gasteiger partial charge in [0.1, 0.15) is 0 Å². The molecule has 0 spiro atoms. The second-order valence-electron chi connectivity index (χ2n) is 8.47. The third-order valence-electron chi connectivity index (χ3n) is 5.98. The van der Waals surface area contributed by atoms with Crippen LogP contribution in [-0.2, 0) is 4.79 Å². The van der Waals surface area contributed by atoms with E-state index in [1.165, 1.54) is 0 Å². The number of benzene rings is 2. The standard InChI is InChI=1S/C25H28Cl2N4OS/c1-18-12-14-30(15-13-18)23(32)9-5-6-16-33-25-29-28-24(19-7-3-2-4-8-19)31(25)20-10-11-21(26)22(27)17-20/h2-4,7-8,10-11,17-18H,5-6,9,12-16H2,1H3. The van der Waals surface area contributed by atoms with Crippen LogP contribution in [0.15, 0.2) is 53.7 Å². The Kier molecular flexibility index (Phi) is 8.34. The van der Waals surface area contributed by atoms with E-state index in [2.05, 4.69) is 17.1 Å². The van der Waals surface area contributed by atoms with Gasteiger partial charge in [0.25, 0.3) is 0 Å². The number of piperidine rings is 1. The summed E-state index contributed by atoms with van der Waals surface area (Å²) >= 11 is 14.1. The van der Waals surface area contributed by atoms with Crippen molar-refractivity contribution in [2.75, 3.05) is 18.8 Å². The van der Waals surface area contributed by atoms with Crippen LogP contribution in [0.3, 0.4) is 0 Å². The van der Waals surface area contributed by atoms with E-state index in [1.54, 1.807) is 17.8 Å². The highest BCUT2D eigenvalue weighted by molar-refractivity contribution is 7.99. The lowest BCUT2D eigenvalue weighted by atomic mass is 9.99. The number of nitrogens with zero attached hydrogens (tertiary/aromatic N) is 4. The average Bonchev–Trinajstić information content (AvgIpc) is 3.25. The van der Waals surface area contributed by atoms with E-state index < -0.39 is 0 Å². The van der Waals surface area contributed by atoms with Gasteiger partial charge in [-0.3, -0.25) is 9.36 Å². The number of aromatic nitrogens is 3. The molecule has 1 amide bonds. The summed E-state index contributed by atoms with van der Waals surface area (Å²) in [5.41, 5.74) is 1.84. The minimum atomic E-state index is 0.289. The molecule has 1 aliphatic rings. The predicted octanol–water partition coefficient (Wildman–Crippen LogP) is 6.76. The molecule has 0 unspecified atom stereocenters. The Balaban J connectivity index is 1.41. The number of rotatable bonds is 8. The third kappa shape index (κ3) is 6.11. The number of likely N-dealkylation sites (tertiary alicyclic amines) is 1. The third-order valence-corrected chi connectivity index (χ3v) is 7.73. The zero-order valence-electron chi connectivity index (χ0n) is 18.7. The van der Waals surface area contributed by atoms with E-state index in [0.29, 0.717) is 16.5 Å². The van der Waals surface area contributed by atoms with Crippen LogP contribution in [0.4, 0.5) is 0 Å². The van der Waals surface area contributed by atoms with Gasteiger partial charge in [-0.25, -0.2) is 0 Å². The van der Waals surface area contributed by atoms with Gasteiger partial charge < -0.3 is 4.90 Å². The molecular formula is C25H28Cl2N4OS. The average molecular weight is 503 g/mol. The zero-order chi connectivity index (χ0) is 23.2. The number of unbranched alkanes of at least 4 members (excludes halogenated alkanes) is 1. The summed E-state index contributed by atoms with van der Waals surface area (Å²) < 4.78 is 2.02. The molecule has 2 heterocycles. The van der Waals surface area contributed by atoms with Crippen LogP contribution in [0.5, 0.6) is 0 Å². The maximum absolute atomic E-state index is 12.5. The number of amides is 1. The van der Waals surface area contributed by atoms with Gasteiger partial charge in [-0.2, -0.15) is 0 Å². The van der Waals surface area contributed by atoms with E-state index in [1.807, 2.05) is 51.9 Å². The number of carbonyl (C=O) groups is 1. The first-order valence-electron chi connectivity index (χ1n) is 11.4. The van der Waals surface area contributed by atoms with Crippen LogP contribution in [0.2, 0.25) is 10.0 Å². The lowest BCUT2D eigenvalue weighted by Crippen LogP contribution is -2.37. The molecule has 1 aromatic heterocycles. The monoisotopic (exact) mass is 502 g/mol. The summed E-state index contributed by atoms with van der Waals surface area (Å²) in [6, 6.07) is 15.5. The minimum Gasteiger partial charge on any atom is -0.343 e. The molecule has 0 atom stereocenters. The van der Waals surface area contributed by atoms with E-state index >= 15 is 0 Å². The maximum Gasteiger partial charge on any atom is 0.222 e. The van der Waals surface area contributed by atoms with Crippen LogP contribution < -0.4 is 0 Å². The van der Waals surface area contributed by atoms with Crippen molar-refractivity contribution in [3.05, 3.63) is 58.6 Å². The number of hydrogen-bond acceptors (Lipinski definition) is 4. The van der Waals surface area contributed by atoms with Gasteiger partial charge in [-0.05, 0) is 49.8 Å². The summed E-state index contributed by atoms with van der Waals surface area (Å²) in [4.78, 5) is 14.5. The molecule has 1 aliphatic heterocycles. The molecule has 1 saturated heterocycles. The summed E-state index contributed by atoms with van der Waals surface area (Å²) in [7, 11) is 0. The molecule has 174 valence electrons. The SMILES string of the molecule is CC1CCN(C(=O)CCCCSc2nnc(-c3ccccc3)n2-c2ccc(Cl)c(Cl)c2)CC1. The number of thioether (sulfide) groups is 1. The van der Waals surface area contributed by atoms with Gasteiger partial charge >= 0.3 is 0 Å². The molecule has 0 saturated carbocycles. The van der Waals surface area contributed by atoms with Crippen LogP contribution in [-0.4, -0.2) is 44.4 Å². The van der Waals surface area contributed by atoms with Gasteiger partial charge in [0.2, 0.25) is 5.91 Å². The summed E-state index contributed by atoms with van der Waals surface area (Å²) in [6.07, 6.45) is 4.68. The normalized spacial score (nSPS) is 14.6. The fourth-order valence-electron chi connectivity index (χ4n) is 3.95. The Morgan fingerprint density at radius 1 is 1.03 bits per heavy atom. The highest BCUT2D eigenvalue weighted by atomic mass is 35.5. The van der Waals surface area contributed by atoms with E-state index in [0.717, 1.165) is 72.7 Å². The van der Waals surface area contributed by atoms with Gasteiger partial charge in [0.15, 0.2) is 11.0 Å². The maximum atomic E-state index is 12.5. The van der Waals surface area contributed by atoms with Crippen molar-refractivity contribution in [1.82, 2.24) is 19.7 Å². The lowest BCUT2D eigenvalue weighted by Gasteiger charge is -2.30. The molecule has 33 heavy (non-hydrogen) atoms. The Labute approximate surface area is 209 Å². The van der Waals surface area contributed by atoms with Crippen molar-refractivity contribution < 1.29 is 4.79 Å². The van der Waals surface area contributed by atoms with Gasteiger partial charge in [0.05, 0.1) is 15.7 Å². The van der Waals surface area contributed by atoms with Crippen molar-refractivity contribution in [3.63, 3.8) is 0 Å². The molecule has 8 heteroatoms. The van der Waals surface area contributed by atoms with Gasteiger partial charge in [-0.15, -0.1) is 10.2 Å². The van der Waals surface area contributed by atoms with E-state index in [4.69, 9.17) is 23.2 Å². The molecule has 0 N–H and O–H groups in total. The second kappa shape index (κ2) is 11.4.